The molecule has 0 bridgehead atoms. The number of ether oxygens (including phenoxy) is 1. The summed E-state index contributed by atoms with van der Waals surface area (Å²) >= 11 is 11.7. The van der Waals surface area contributed by atoms with Crippen LogP contribution in [0.1, 0.15) is 5.56 Å². The van der Waals surface area contributed by atoms with Crippen LogP contribution in [0.3, 0.4) is 0 Å². The molecule has 1 aromatic carbocycles. The van der Waals surface area contributed by atoms with E-state index in [1.165, 1.54) is 18.5 Å². The number of hydrogen-bond donors (Lipinski definition) is 1. The lowest BCUT2D eigenvalue weighted by atomic mass is 10.2. The molecule has 0 fully saturated rings. The molecule has 0 saturated heterocycles. The lowest BCUT2D eigenvalue weighted by Crippen LogP contribution is -1.90. The van der Waals surface area contributed by atoms with Gasteiger partial charge in [0.2, 0.25) is 0 Å². The van der Waals surface area contributed by atoms with E-state index in [4.69, 9.17) is 33.0 Å². The number of pyridine rings is 1. The first kappa shape index (κ1) is 14.4. The Labute approximate surface area is 125 Å². The number of benzene rings is 1. The Morgan fingerprint density at radius 2 is 2.00 bits per heavy atom. The van der Waals surface area contributed by atoms with Crippen molar-refractivity contribution in [3.8, 4) is 11.5 Å². The van der Waals surface area contributed by atoms with Crippen molar-refractivity contribution < 1.29 is 14.6 Å². The van der Waals surface area contributed by atoms with Crippen molar-refractivity contribution in [3.05, 3.63) is 58.3 Å². The highest BCUT2D eigenvalue weighted by molar-refractivity contribution is 6.31. The van der Waals surface area contributed by atoms with Gasteiger partial charge in [-0.1, -0.05) is 23.2 Å². The Balaban J connectivity index is 2.34. The first-order valence-corrected chi connectivity index (χ1v) is 6.29. The number of hydrogen-bond acceptors (Lipinski definition) is 3. The Hall–Kier alpha value is -2.04. The van der Waals surface area contributed by atoms with Gasteiger partial charge in [0.1, 0.15) is 11.5 Å². The van der Waals surface area contributed by atoms with Gasteiger partial charge in [0.25, 0.3) is 0 Å². The predicted octanol–water partition coefficient (Wildman–Crippen LogP) is 4.28. The number of aromatic nitrogens is 1. The van der Waals surface area contributed by atoms with E-state index >= 15 is 0 Å². The van der Waals surface area contributed by atoms with Crippen LogP contribution < -0.4 is 4.74 Å². The maximum atomic E-state index is 10.6. The highest BCUT2D eigenvalue weighted by Gasteiger charge is 2.05. The van der Waals surface area contributed by atoms with Crippen LogP contribution >= 0.6 is 23.2 Å². The Morgan fingerprint density at radius 1 is 1.20 bits per heavy atom. The predicted molar refractivity (Wildman–Crippen MR) is 77.4 cm³/mol. The molecule has 1 N–H and O–H groups in total. The van der Waals surface area contributed by atoms with Crippen LogP contribution in [0.4, 0.5) is 0 Å². The fraction of sp³-hybridized carbons (Fsp3) is 0. The standard InChI is InChI=1S/C14H9Cl2NO3/c15-10-3-1-9(2-4-14(18)19)13(6-10)20-12-5-11(16)7-17-8-12/h1-8H,(H,18,19)/b4-2+. The number of carbonyl (C=O) groups is 1. The van der Waals surface area contributed by atoms with Crippen LogP contribution in [0.15, 0.2) is 42.7 Å². The van der Waals surface area contributed by atoms with Gasteiger partial charge in [0.15, 0.2) is 0 Å². The molecule has 0 aliphatic rings. The topological polar surface area (TPSA) is 59.4 Å². The lowest BCUT2D eigenvalue weighted by Gasteiger charge is -2.09. The number of aliphatic carboxylic acids is 1. The SMILES string of the molecule is O=C(O)/C=C/c1ccc(Cl)cc1Oc1cncc(Cl)c1. The van der Waals surface area contributed by atoms with Gasteiger partial charge < -0.3 is 9.84 Å². The average Bonchev–Trinajstić information content (AvgIpc) is 2.37. The Bertz CT molecular complexity index is 671. The third kappa shape index (κ3) is 3.98. The summed E-state index contributed by atoms with van der Waals surface area (Å²) in [4.78, 5) is 14.5. The molecular weight excluding hydrogens is 301 g/mol. The smallest absolute Gasteiger partial charge is 0.328 e. The first-order chi connectivity index (χ1) is 9.54. The van der Waals surface area contributed by atoms with Crippen LogP contribution in [-0.4, -0.2) is 16.1 Å². The minimum absolute atomic E-state index is 0.416. The summed E-state index contributed by atoms with van der Waals surface area (Å²) < 4.78 is 5.63. The van der Waals surface area contributed by atoms with Crippen LogP contribution in [0.2, 0.25) is 10.0 Å². The molecule has 0 aliphatic heterocycles. The maximum Gasteiger partial charge on any atom is 0.328 e. The van der Waals surface area contributed by atoms with Crippen molar-refractivity contribution in [1.29, 1.82) is 0 Å². The van der Waals surface area contributed by atoms with E-state index in [0.29, 0.717) is 27.1 Å². The lowest BCUT2D eigenvalue weighted by molar-refractivity contribution is -0.131. The summed E-state index contributed by atoms with van der Waals surface area (Å²) in [6, 6.07) is 6.49. The van der Waals surface area contributed by atoms with E-state index in [2.05, 4.69) is 4.98 Å². The van der Waals surface area contributed by atoms with Crippen molar-refractivity contribution >= 4 is 35.2 Å². The maximum absolute atomic E-state index is 10.6. The molecule has 6 heteroatoms. The van der Waals surface area contributed by atoms with Crippen LogP contribution in [-0.2, 0) is 4.79 Å². The molecule has 0 unspecified atom stereocenters. The minimum atomic E-state index is -1.05. The van der Waals surface area contributed by atoms with Crippen molar-refractivity contribution in [2.24, 2.45) is 0 Å². The monoisotopic (exact) mass is 309 g/mol. The number of rotatable bonds is 4. The van der Waals surface area contributed by atoms with E-state index in [0.717, 1.165) is 6.08 Å². The number of nitrogens with zero attached hydrogens (tertiary/aromatic N) is 1. The van der Waals surface area contributed by atoms with Crippen LogP contribution in [0, 0.1) is 0 Å². The Kier molecular flexibility index (Phi) is 4.61. The molecule has 20 heavy (non-hydrogen) atoms. The molecule has 4 nitrogen and oxygen atoms in total. The summed E-state index contributed by atoms with van der Waals surface area (Å²) in [6.07, 6.45) is 5.42. The van der Waals surface area contributed by atoms with Crippen molar-refractivity contribution in [2.45, 2.75) is 0 Å². The third-order valence-corrected chi connectivity index (χ3v) is 2.73. The molecule has 2 rings (SSSR count). The van der Waals surface area contributed by atoms with Crippen LogP contribution in [0.5, 0.6) is 11.5 Å². The summed E-state index contributed by atoms with van der Waals surface area (Å²) in [5.41, 5.74) is 0.580. The molecule has 0 amide bonds. The zero-order chi connectivity index (χ0) is 14.5. The summed E-state index contributed by atoms with van der Waals surface area (Å²) in [6.45, 7) is 0. The minimum Gasteiger partial charge on any atom is -0.478 e. The molecular formula is C14H9Cl2NO3. The van der Waals surface area contributed by atoms with Crippen molar-refractivity contribution in [2.75, 3.05) is 0 Å². The van der Waals surface area contributed by atoms with E-state index in [1.807, 2.05) is 0 Å². The molecule has 1 heterocycles. The molecule has 0 radical (unpaired) electrons. The fourth-order valence-electron chi connectivity index (χ4n) is 1.47. The number of carboxylic acids is 1. The van der Waals surface area contributed by atoms with Gasteiger partial charge in [-0.25, -0.2) is 4.79 Å². The van der Waals surface area contributed by atoms with Gasteiger partial charge in [-0.15, -0.1) is 0 Å². The Morgan fingerprint density at radius 3 is 2.70 bits per heavy atom. The highest BCUT2D eigenvalue weighted by atomic mass is 35.5. The van der Waals surface area contributed by atoms with Gasteiger partial charge in [-0.3, -0.25) is 4.98 Å². The van der Waals surface area contributed by atoms with Crippen molar-refractivity contribution in [1.82, 2.24) is 4.98 Å². The molecule has 1 aromatic heterocycles. The van der Waals surface area contributed by atoms with Gasteiger partial charge in [0.05, 0.1) is 11.2 Å². The first-order valence-electron chi connectivity index (χ1n) is 5.53. The average molecular weight is 310 g/mol. The second kappa shape index (κ2) is 6.41. The van der Waals surface area contributed by atoms with Gasteiger partial charge in [-0.2, -0.15) is 0 Å². The molecule has 0 spiro atoms. The third-order valence-electron chi connectivity index (χ3n) is 2.29. The quantitative estimate of drug-likeness (QED) is 0.856. The fourth-order valence-corrected chi connectivity index (χ4v) is 1.80. The second-order valence-electron chi connectivity index (χ2n) is 3.79. The largest absolute Gasteiger partial charge is 0.478 e. The van der Waals surface area contributed by atoms with E-state index in [9.17, 15) is 4.79 Å². The van der Waals surface area contributed by atoms with Gasteiger partial charge >= 0.3 is 5.97 Å². The molecule has 0 aliphatic carbocycles. The molecule has 102 valence electrons. The molecule has 0 atom stereocenters. The van der Waals surface area contributed by atoms with Crippen molar-refractivity contribution in [3.63, 3.8) is 0 Å². The summed E-state index contributed by atoms with van der Waals surface area (Å²) in [5, 5.41) is 9.58. The molecule has 0 saturated carbocycles. The van der Waals surface area contributed by atoms with E-state index in [-0.39, 0.29) is 0 Å². The van der Waals surface area contributed by atoms with E-state index in [1.54, 1.807) is 24.3 Å². The summed E-state index contributed by atoms with van der Waals surface area (Å²) in [7, 11) is 0. The summed E-state index contributed by atoms with van der Waals surface area (Å²) in [5.74, 6) is -0.195. The normalized spacial score (nSPS) is 10.7. The van der Waals surface area contributed by atoms with Gasteiger partial charge in [-0.05, 0) is 18.2 Å². The zero-order valence-corrected chi connectivity index (χ0v) is 11.6. The zero-order valence-electron chi connectivity index (χ0n) is 10.1. The van der Waals surface area contributed by atoms with E-state index < -0.39 is 5.97 Å². The highest BCUT2D eigenvalue weighted by Crippen LogP contribution is 2.30. The molecule has 2 aromatic rings. The van der Waals surface area contributed by atoms with Gasteiger partial charge in [0, 0.05) is 35.0 Å². The number of halogens is 2. The number of carboxylic acid groups (broad SMARTS) is 1. The van der Waals surface area contributed by atoms with Crippen LogP contribution in [0.25, 0.3) is 6.08 Å². The second-order valence-corrected chi connectivity index (χ2v) is 4.67.